The number of nitrogens with zero attached hydrogens (tertiary/aromatic N) is 1. The van der Waals surface area contributed by atoms with Gasteiger partial charge >= 0.3 is 12.4 Å². The maximum atomic E-state index is 12.9. The second kappa shape index (κ2) is 5.56. The van der Waals surface area contributed by atoms with Crippen molar-refractivity contribution in [2.24, 2.45) is 0 Å². The number of halogens is 6. The molecule has 0 saturated carbocycles. The molecule has 0 aliphatic rings. The Morgan fingerprint density at radius 1 is 0.783 bits per heavy atom. The highest BCUT2D eigenvalue weighted by atomic mass is 19.4. The lowest BCUT2D eigenvalue weighted by Gasteiger charge is -2.11. The molecule has 2 aromatic rings. The molecule has 9 heteroatoms. The normalized spacial score (nSPS) is 12.3. The number of hydrogen-bond acceptors (Lipinski definition) is 2. The molecule has 0 bridgehead atoms. The summed E-state index contributed by atoms with van der Waals surface area (Å²) < 4.78 is 76.0. The molecule has 0 atom stereocenters. The number of nitro benzene ring substituents is 1. The second-order valence-electron chi connectivity index (χ2n) is 4.56. The molecule has 0 N–H and O–H groups in total. The Hall–Kier alpha value is -2.58. The summed E-state index contributed by atoms with van der Waals surface area (Å²) in [5.74, 6) is 0. The van der Waals surface area contributed by atoms with Gasteiger partial charge in [-0.05, 0) is 35.4 Å². The Morgan fingerprint density at radius 2 is 1.30 bits per heavy atom. The van der Waals surface area contributed by atoms with Gasteiger partial charge in [0.05, 0.1) is 10.5 Å². The molecule has 0 heterocycles. The fourth-order valence-electron chi connectivity index (χ4n) is 1.95. The van der Waals surface area contributed by atoms with E-state index < -0.39 is 34.1 Å². The lowest BCUT2D eigenvalue weighted by atomic mass is 10.0. The zero-order valence-electron chi connectivity index (χ0n) is 11.1. The largest absolute Gasteiger partial charge is 0.423 e. The first kappa shape index (κ1) is 16.8. The van der Waals surface area contributed by atoms with Crippen LogP contribution in [0.25, 0.3) is 11.1 Å². The number of benzene rings is 2. The van der Waals surface area contributed by atoms with E-state index in [1.54, 1.807) is 0 Å². The predicted octanol–water partition coefficient (Wildman–Crippen LogP) is 5.30. The fourth-order valence-corrected chi connectivity index (χ4v) is 1.95. The zero-order valence-corrected chi connectivity index (χ0v) is 11.1. The van der Waals surface area contributed by atoms with Gasteiger partial charge in [-0.15, -0.1) is 0 Å². The van der Waals surface area contributed by atoms with Gasteiger partial charge < -0.3 is 0 Å². The number of rotatable bonds is 2. The topological polar surface area (TPSA) is 43.1 Å². The van der Waals surface area contributed by atoms with E-state index in [4.69, 9.17) is 0 Å². The summed E-state index contributed by atoms with van der Waals surface area (Å²) in [6.45, 7) is 0. The molecule has 0 aromatic heterocycles. The predicted molar refractivity (Wildman–Crippen MR) is 68.5 cm³/mol. The van der Waals surface area contributed by atoms with Crippen molar-refractivity contribution in [2.75, 3.05) is 0 Å². The molecular weight excluding hydrogens is 328 g/mol. The molecule has 0 radical (unpaired) electrons. The van der Waals surface area contributed by atoms with Crippen LogP contribution in [0, 0.1) is 10.1 Å². The van der Waals surface area contributed by atoms with E-state index >= 15 is 0 Å². The van der Waals surface area contributed by atoms with Gasteiger partial charge in [0, 0.05) is 6.07 Å². The molecule has 23 heavy (non-hydrogen) atoms. The van der Waals surface area contributed by atoms with Gasteiger partial charge in [0.15, 0.2) is 0 Å². The Morgan fingerprint density at radius 3 is 1.74 bits per heavy atom. The lowest BCUT2D eigenvalue weighted by Crippen LogP contribution is -2.09. The fraction of sp³-hybridized carbons (Fsp3) is 0.143. The molecule has 122 valence electrons. The van der Waals surface area contributed by atoms with Gasteiger partial charge in [0.25, 0.3) is 5.69 Å². The molecule has 3 nitrogen and oxygen atoms in total. The highest BCUT2D eigenvalue weighted by Gasteiger charge is 2.38. The maximum absolute atomic E-state index is 12.9. The zero-order chi connectivity index (χ0) is 17.4. The molecule has 2 aromatic carbocycles. The van der Waals surface area contributed by atoms with Crippen molar-refractivity contribution in [1.29, 1.82) is 0 Å². The van der Waals surface area contributed by atoms with Crippen LogP contribution in [0.2, 0.25) is 0 Å². The van der Waals surface area contributed by atoms with Crippen LogP contribution in [0.3, 0.4) is 0 Å². The summed E-state index contributed by atoms with van der Waals surface area (Å²) in [5.41, 5.74) is -3.51. The Labute approximate surface area is 125 Å². The molecule has 2 rings (SSSR count). The summed E-state index contributed by atoms with van der Waals surface area (Å²) in [6.07, 6.45) is -9.52. The van der Waals surface area contributed by atoms with Crippen LogP contribution in [0.5, 0.6) is 0 Å². The van der Waals surface area contributed by atoms with Gasteiger partial charge in [-0.3, -0.25) is 10.1 Å². The second-order valence-corrected chi connectivity index (χ2v) is 4.56. The van der Waals surface area contributed by atoms with Crippen molar-refractivity contribution in [3.8, 4) is 11.1 Å². The van der Waals surface area contributed by atoms with E-state index in [0.717, 1.165) is 30.3 Å². The Balaban J connectivity index is 2.51. The number of nitro groups is 1. The van der Waals surface area contributed by atoms with Crippen molar-refractivity contribution in [3.63, 3.8) is 0 Å². The summed E-state index contributed by atoms with van der Waals surface area (Å²) in [4.78, 5) is 9.48. The minimum absolute atomic E-state index is 0.0725. The third-order valence-electron chi connectivity index (χ3n) is 3.04. The number of hydrogen-bond donors (Lipinski definition) is 0. The van der Waals surface area contributed by atoms with Crippen LogP contribution in [-0.2, 0) is 12.4 Å². The van der Waals surface area contributed by atoms with E-state index in [1.165, 1.54) is 0 Å². The highest BCUT2D eigenvalue weighted by Crippen LogP contribution is 2.39. The molecule has 0 spiro atoms. The van der Waals surface area contributed by atoms with Crippen molar-refractivity contribution >= 4 is 5.69 Å². The molecule has 0 fully saturated rings. The van der Waals surface area contributed by atoms with E-state index in [2.05, 4.69) is 0 Å². The highest BCUT2D eigenvalue weighted by molar-refractivity contribution is 5.67. The van der Waals surface area contributed by atoms with Gasteiger partial charge in [-0.2, -0.15) is 26.3 Å². The van der Waals surface area contributed by atoms with Crippen LogP contribution in [0.4, 0.5) is 32.0 Å². The first-order valence-corrected chi connectivity index (χ1v) is 6.03. The molecule has 0 saturated heterocycles. The van der Waals surface area contributed by atoms with Crippen LogP contribution in [0.1, 0.15) is 11.1 Å². The van der Waals surface area contributed by atoms with Crippen molar-refractivity contribution in [2.45, 2.75) is 12.4 Å². The van der Waals surface area contributed by atoms with Gasteiger partial charge in [0.1, 0.15) is 5.56 Å². The minimum Gasteiger partial charge on any atom is -0.258 e. The van der Waals surface area contributed by atoms with E-state index in [0.29, 0.717) is 12.1 Å². The summed E-state index contributed by atoms with van der Waals surface area (Å²) in [5, 5.41) is 10.7. The van der Waals surface area contributed by atoms with E-state index in [-0.39, 0.29) is 11.1 Å². The van der Waals surface area contributed by atoms with Gasteiger partial charge in [-0.1, -0.05) is 12.1 Å². The van der Waals surface area contributed by atoms with Crippen LogP contribution in [0.15, 0.2) is 42.5 Å². The average Bonchev–Trinajstić information content (AvgIpc) is 2.45. The van der Waals surface area contributed by atoms with E-state index in [1.807, 2.05) is 0 Å². The Bertz CT molecular complexity index is 734. The third-order valence-corrected chi connectivity index (χ3v) is 3.04. The van der Waals surface area contributed by atoms with E-state index in [9.17, 15) is 36.5 Å². The van der Waals surface area contributed by atoms with Crippen molar-refractivity contribution < 1.29 is 31.3 Å². The average molecular weight is 335 g/mol. The minimum atomic E-state index is -4.95. The Kier molecular flexibility index (Phi) is 4.06. The van der Waals surface area contributed by atoms with Gasteiger partial charge in [-0.25, -0.2) is 0 Å². The SMILES string of the molecule is O=[N+]([O-])c1ccc(-c2ccc(C(F)(F)F)cc2)cc1C(F)(F)F. The third kappa shape index (κ3) is 3.61. The maximum Gasteiger partial charge on any atom is 0.423 e. The standard InChI is InChI=1S/C14H7F6NO2/c15-13(16,17)10-4-1-8(2-5-10)9-3-6-12(21(22)23)11(7-9)14(18,19)20/h1-7H. The number of alkyl halides is 6. The van der Waals surface area contributed by atoms with Crippen LogP contribution < -0.4 is 0 Å². The quantitative estimate of drug-likeness (QED) is 0.425. The summed E-state index contributed by atoms with van der Waals surface area (Å²) in [6, 6.07) is 5.73. The first-order valence-electron chi connectivity index (χ1n) is 6.03. The smallest absolute Gasteiger partial charge is 0.258 e. The molecule has 0 amide bonds. The summed E-state index contributed by atoms with van der Waals surface area (Å²) >= 11 is 0. The van der Waals surface area contributed by atoms with Crippen LogP contribution in [-0.4, -0.2) is 4.92 Å². The summed E-state index contributed by atoms with van der Waals surface area (Å²) in [7, 11) is 0. The molecule has 0 aliphatic carbocycles. The van der Waals surface area contributed by atoms with Crippen LogP contribution >= 0.6 is 0 Å². The lowest BCUT2D eigenvalue weighted by molar-refractivity contribution is -0.388. The first-order chi connectivity index (χ1) is 10.5. The monoisotopic (exact) mass is 335 g/mol. The molecular formula is C14H7F6NO2. The van der Waals surface area contributed by atoms with Gasteiger partial charge in [0.2, 0.25) is 0 Å². The molecule has 0 aliphatic heterocycles. The molecule has 0 unspecified atom stereocenters. The van der Waals surface area contributed by atoms with Crippen molar-refractivity contribution in [3.05, 3.63) is 63.7 Å². The van der Waals surface area contributed by atoms with Crippen molar-refractivity contribution in [1.82, 2.24) is 0 Å².